The molecule has 0 atom stereocenters. The summed E-state index contributed by atoms with van der Waals surface area (Å²) in [4.78, 5) is 10.2. The fourth-order valence-electron chi connectivity index (χ4n) is 1.18. The highest BCUT2D eigenvalue weighted by atomic mass is 28.1. The van der Waals surface area contributed by atoms with Crippen LogP contribution in [0.3, 0.4) is 0 Å². The fourth-order valence-corrected chi connectivity index (χ4v) is 1.74. The summed E-state index contributed by atoms with van der Waals surface area (Å²) in [6.45, 7) is 1.95. The Hall–Kier alpha value is -1.16. The third-order valence-electron chi connectivity index (χ3n) is 1.81. The van der Waals surface area contributed by atoms with Gasteiger partial charge in [0.2, 0.25) is 0 Å². The summed E-state index contributed by atoms with van der Waals surface area (Å²) in [5.74, 6) is 0. The van der Waals surface area contributed by atoms with E-state index in [4.69, 9.17) is 0 Å². The zero-order valence-electron chi connectivity index (χ0n) is 7.20. The molecule has 0 fully saturated rings. The lowest BCUT2D eigenvalue weighted by Crippen LogP contribution is -1.95. The molecule has 12 heavy (non-hydrogen) atoms. The second-order valence-corrected chi connectivity index (χ2v) is 3.45. The Bertz CT molecular complexity index is 312. The van der Waals surface area contributed by atoms with Gasteiger partial charge in [0.15, 0.2) is 0 Å². The number of aryl methyl sites for hydroxylation is 1. The number of rotatable bonds is 2. The molecule has 0 heterocycles. The van der Waals surface area contributed by atoms with E-state index >= 15 is 0 Å². The number of hydrogen-bond donors (Lipinski definition) is 0. The van der Waals surface area contributed by atoms with Crippen LogP contribution in [0, 0.1) is 17.0 Å². The van der Waals surface area contributed by atoms with Gasteiger partial charge in [-0.2, -0.15) is 0 Å². The fraction of sp³-hybridized carbons (Fsp3) is 0.250. The van der Waals surface area contributed by atoms with Gasteiger partial charge in [0, 0.05) is 21.9 Å². The van der Waals surface area contributed by atoms with Crippen molar-refractivity contribution in [3.05, 3.63) is 39.4 Å². The summed E-state index contributed by atoms with van der Waals surface area (Å²) >= 11 is 0. The first-order valence-electron chi connectivity index (χ1n) is 3.89. The van der Waals surface area contributed by atoms with Crippen molar-refractivity contribution in [2.75, 3.05) is 0 Å². The predicted octanol–water partition coefficient (Wildman–Crippen LogP) is 0.769. The number of nitro benzene ring substituents is 1. The standard InChI is InChI=1S/C8H11NO2Si/c1-6-2-3-8(9(10)11)7(4-6)5-12/h2-4H,5H2,1,12H3. The van der Waals surface area contributed by atoms with E-state index in [0.717, 1.165) is 27.4 Å². The van der Waals surface area contributed by atoms with Crippen LogP contribution in [-0.4, -0.2) is 15.2 Å². The Balaban J connectivity index is 3.20. The van der Waals surface area contributed by atoms with Crippen LogP contribution >= 0.6 is 0 Å². The van der Waals surface area contributed by atoms with E-state index in [1.807, 2.05) is 13.0 Å². The van der Waals surface area contributed by atoms with Gasteiger partial charge in [0.25, 0.3) is 5.69 Å². The van der Waals surface area contributed by atoms with Gasteiger partial charge in [-0.1, -0.05) is 11.6 Å². The third-order valence-corrected chi connectivity index (χ3v) is 2.57. The topological polar surface area (TPSA) is 43.1 Å². The molecule has 0 saturated carbocycles. The summed E-state index contributed by atoms with van der Waals surface area (Å²) in [6.07, 6.45) is 0. The Morgan fingerprint density at radius 2 is 2.25 bits per heavy atom. The second kappa shape index (κ2) is 3.49. The van der Waals surface area contributed by atoms with Crippen molar-refractivity contribution in [2.24, 2.45) is 0 Å². The van der Waals surface area contributed by atoms with E-state index in [-0.39, 0.29) is 10.6 Å². The van der Waals surface area contributed by atoms with Crippen molar-refractivity contribution in [3.8, 4) is 0 Å². The van der Waals surface area contributed by atoms with E-state index in [0.29, 0.717) is 0 Å². The van der Waals surface area contributed by atoms with E-state index in [1.54, 1.807) is 12.1 Å². The van der Waals surface area contributed by atoms with E-state index in [2.05, 4.69) is 0 Å². The van der Waals surface area contributed by atoms with Crippen molar-refractivity contribution in [2.45, 2.75) is 13.0 Å². The minimum atomic E-state index is -0.313. The van der Waals surface area contributed by atoms with E-state index < -0.39 is 0 Å². The molecule has 4 heteroatoms. The molecular weight excluding hydrogens is 170 g/mol. The average Bonchev–Trinajstić information content (AvgIpc) is 2.03. The van der Waals surface area contributed by atoms with Crippen molar-refractivity contribution in [1.29, 1.82) is 0 Å². The maximum Gasteiger partial charge on any atom is 0.272 e. The SMILES string of the molecule is Cc1ccc([N+](=O)[O-])c(C[SiH3])c1. The lowest BCUT2D eigenvalue weighted by atomic mass is 10.1. The summed E-state index contributed by atoms with van der Waals surface area (Å²) in [6, 6.07) is 6.10. The average molecular weight is 181 g/mol. The van der Waals surface area contributed by atoms with Crippen LogP contribution in [0.15, 0.2) is 18.2 Å². The molecule has 0 radical (unpaired) electrons. The van der Waals surface area contributed by atoms with Gasteiger partial charge < -0.3 is 0 Å². The van der Waals surface area contributed by atoms with Gasteiger partial charge in [-0.3, -0.25) is 10.1 Å². The van der Waals surface area contributed by atoms with E-state index in [9.17, 15) is 10.1 Å². The lowest BCUT2D eigenvalue weighted by molar-refractivity contribution is -0.385. The van der Waals surface area contributed by atoms with Crippen molar-refractivity contribution < 1.29 is 4.92 Å². The monoisotopic (exact) mass is 181 g/mol. The normalized spacial score (nSPS) is 10.1. The quantitative estimate of drug-likeness (QED) is 0.384. The van der Waals surface area contributed by atoms with Crippen LogP contribution in [-0.2, 0) is 6.04 Å². The largest absolute Gasteiger partial charge is 0.272 e. The van der Waals surface area contributed by atoms with Gasteiger partial charge >= 0.3 is 0 Å². The zero-order chi connectivity index (χ0) is 9.14. The molecule has 0 amide bonds. The Morgan fingerprint density at radius 1 is 1.58 bits per heavy atom. The first kappa shape index (κ1) is 8.93. The molecule has 0 unspecified atom stereocenters. The maximum absolute atomic E-state index is 10.5. The molecule has 0 saturated heterocycles. The molecule has 0 aliphatic rings. The Labute approximate surface area is 74.0 Å². The van der Waals surface area contributed by atoms with Gasteiger partial charge in [0.1, 0.15) is 0 Å². The minimum absolute atomic E-state index is 0.260. The lowest BCUT2D eigenvalue weighted by Gasteiger charge is -1.99. The number of nitrogens with zero attached hydrogens (tertiary/aromatic N) is 1. The third kappa shape index (κ3) is 1.71. The molecule has 64 valence electrons. The van der Waals surface area contributed by atoms with Gasteiger partial charge in [-0.15, -0.1) is 0 Å². The molecule has 1 aromatic carbocycles. The first-order valence-corrected chi connectivity index (χ1v) is 5.30. The summed E-state index contributed by atoms with van der Waals surface area (Å²) in [5, 5.41) is 10.5. The van der Waals surface area contributed by atoms with Crippen LogP contribution < -0.4 is 0 Å². The second-order valence-electron chi connectivity index (χ2n) is 2.74. The molecule has 1 aromatic rings. The molecular formula is C8H11NO2Si. The summed E-state index contributed by atoms with van der Waals surface area (Å²) in [5.41, 5.74) is 2.22. The number of benzene rings is 1. The van der Waals surface area contributed by atoms with Crippen LogP contribution in [0.4, 0.5) is 5.69 Å². The highest BCUT2D eigenvalue weighted by Crippen LogP contribution is 2.19. The Morgan fingerprint density at radius 3 is 2.75 bits per heavy atom. The summed E-state index contributed by atoms with van der Waals surface area (Å²) < 4.78 is 0. The smallest absolute Gasteiger partial charge is 0.258 e. The summed E-state index contributed by atoms with van der Waals surface area (Å²) in [7, 11) is 0.964. The predicted molar refractivity (Wildman–Crippen MR) is 51.5 cm³/mol. The minimum Gasteiger partial charge on any atom is -0.258 e. The maximum atomic E-state index is 10.5. The van der Waals surface area contributed by atoms with Crippen molar-refractivity contribution in [1.82, 2.24) is 0 Å². The van der Waals surface area contributed by atoms with Gasteiger partial charge in [0.05, 0.1) is 4.92 Å². The van der Waals surface area contributed by atoms with Crippen LogP contribution in [0.25, 0.3) is 0 Å². The molecule has 1 rings (SSSR count). The number of hydrogen-bond acceptors (Lipinski definition) is 2. The van der Waals surface area contributed by atoms with Crippen LogP contribution in [0.1, 0.15) is 11.1 Å². The van der Waals surface area contributed by atoms with Crippen LogP contribution in [0.2, 0.25) is 0 Å². The molecule has 3 nitrogen and oxygen atoms in total. The first-order chi connectivity index (χ1) is 5.65. The molecule has 0 spiro atoms. The van der Waals surface area contributed by atoms with Gasteiger partial charge in [-0.05, 0) is 19.0 Å². The molecule has 0 aliphatic heterocycles. The van der Waals surface area contributed by atoms with Gasteiger partial charge in [-0.25, -0.2) is 0 Å². The van der Waals surface area contributed by atoms with Crippen molar-refractivity contribution >= 4 is 15.9 Å². The Kier molecular flexibility index (Phi) is 2.60. The van der Waals surface area contributed by atoms with Crippen LogP contribution in [0.5, 0.6) is 0 Å². The highest BCUT2D eigenvalue weighted by Gasteiger charge is 2.10. The van der Waals surface area contributed by atoms with Crippen molar-refractivity contribution in [3.63, 3.8) is 0 Å². The number of nitro groups is 1. The molecule has 0 bridgehead atoms. The molecule has 0 aliphatic carbocycles. The molecule has 0 aromatic heterocycles. The molecule has 0 N–H and O–H groups in total. The zero-order valence-corrected chi connectivity index (χ0v) is 9.20. The van der Waals surface area contributed by atoms with E-state index in [1.165, 1.54) is 0 Å². The highest BCUT2D eigenvalue weighted by molar-refractivity contribution is 6.08.